The SMILES string of the molecule is OC[C@@H]1CCCN1Cc1cc(Br)cc2c1OCC2. The standard InChI is InChI=1S/C14H18BrNO2/c15-12-6-10-3-5-18-14(10)11(7-12)8-16-4-1-2-13(16)9-17/h6-7,13,17H,1-5,8-9H2/t13-/m0/s1. The molecule has 1 fully saturated rings. The van der Waals surface area contributed by atoms with E-state index in [1.54, 1.807) is 0 Å². The van der Waals surface area contributed by atoms with Crippen molar-refractivity contribution in [1.82, 2.24) is 4.90 Å². The third kappa shape index (κ3) is 2.29. The maximum atomic E-state index is 9.38. The predicted octanol–water partition coefficient (Wildman–Crippen LogP) is 2.34. The van der Waals surface area contributed by atoms with E-state index in [2.05, 4.69) is 33.0 Å². The van der Waals surface area contributed by atoms with Gasteiger partial charge in [-0.25, -0.2) is 0 Å². The highest BCUT2D eigenvalue weighted by molar-refractivity contribution is 9.10. The lowest BCUT2D eigenvalue weighted by Crippen LogP contribution is -2.31. The number of benzene rings is 1. The smallest absolute Gasteiger partial charge is 0.127 e. The van der Waals surface area contributed by atoms with Gasteiger partial charge < -0.3 is 9.84 Å². The first-order valence-corrected chi connectivity index (χ1v) is 7.36. The second-order valence-corrected chi connectivity index (χ2v) is 6.02. The van der Waals surface area contributed by atoms with E-state index in [9.17, 15) is 5.11 Å². The number of hydrogen-bond donors (Lipinski definition) is 1. The van der Waals surface area contributed by atoms with Gasteiger partial charge in [0.2, 0.25) is 0 Å². The summed E-state index contributed by atoms with van der Waals surface area (Å²) in [5, 5.41) is 9.38. The van der Waals surface area contributed by atoms with Gasteiger partial charge in [-0.2, -0.15) is 0 Å². The van der Waals surface area contributed by atoms with Gasteiger partial charge in [-0.15, -0.1) is 0 Å². The average Bonchev–Trinajstić information content (AvgIpc) is 2.96. The Kier molecular flexibility index (Phi) is 3.59. The van der Waals surface area contributed by atoms with Crippen LogP contribution in [-0.4, -0.2) is 35.8 Å². The van der Waals surface area contributed by atoms with Gasteiger partial charge in [-0.05, 0) is 37.1 Å². The van der Waals surface area contributed by atoms with Crippen molar-refractivity contribution in [1.29, 1.82) is 0 Å². The van der Waals surface area contributed by atoms with Crippen LogP contribution in [0.2, 0.25) is 0 Å². The lowest BCUT2D eigenvalue weighted by molar-refractivity contribution is 0.152. The van der Waals surface area contributed by atoms with Crippen LogP contribution >= 0.6 is 15.9 Å². The normalized spacial score (nSPS) is 23.1. The van der Waals surface area contributed by atoms with Gasteiger partial charge in [0.05, 0.1) is 13.2 Å². The molecule has 0 spiro atoms. The topological polar surface area (TPSA) is 32.7 Å². The van der Waals surface area contributed by atoms with Crippen molar-refractivity contribution in [2.45, 2.75) is 31.8 Å². The summed E-state index contributed by atoms with van der Waals surface area (Å²) in [4.78, 5) is 2.36. The number of rotatable bonds is 3. The summed E-state index contributed by atoms with van der Waals surface area (Å²) < 4.78 is 6.88. The molecule has 1 aromatic carbocycles. The number of hydrogen-bond acceptors (Lipinski definition) is 3. The first-order valence-electron chi connectivity index (χ1n) is 6.57. The monoisotopic (exact) mass is 311 g/mol. The molecule has 3 rings (SSSR count). The quantitative estimate of drug-likeness (QED) is 0.930. The number of halogens is 1. The molecule has 0 unspecified atom stereocenters. The summed E-state index contributed by atoms with van der Waals surface area (Å²) in [6, 6.07) is 4.62. The molecule has 1 N–H and O–H groups in total. The molecule has 0 bridgehead atoms. The van der Waals surface area contributed by atoms with Crippen molar-refractivity contribution in [3.8, 4) is 5.75 Å². The molecule has 2 heterocycles. The minimum absolute atomic E-state index is 0.261. The second kappa shape index (κ2) is 5.19. The van der Waals surface area contributed by atoms with Crippen LogP contribution in [0.5, 0.6) is 5.75 Å². The van der Waals surface area contributed by atoms with E-state index in [-0.39, 0.29) is 6.61 Å². The van der Waals surface area contributed by atoms with Crippen LogP contribution < -0.4 is 4.74 Å². The Morgan fingerprint density at radius 2 is 2.33 bits per heavy atom. The molecular weight excluding hydrogens is 294 g/mol. The van der Waals surface area contributed by atoms with Crippen molar-refractivity contribution < 1.29 is 9.84 Å². The van der Waals surface area contributed by atoms with Crippen molar-refractivity contribution in [3.05, 3.63) is 27.7 Å². The first-order chi connectivity index (χ1) is 8.78. The summed E-state index contributed by atoms with van der Waals surface area (Å²) in [6.45, 7) is 3.01. The van der Waals surface area contributed by atoms with Crippen LogP contribution in [0.1, 0.15) is 24.0 Å². The molecule has 0 aliphatic carbocycles. The molecule has 1 aromatic rings. The number of aliphatic hydroxyl groups is 1. The zero-order chi connectivity index (χ0) is 12.5. The minimum atomic E-state index is 0.261. The van der Waals surface area contributed by atoms with Gasteiger partial charge in [0.15, 0.2) is 0 Å². The highest BCUT2D eigenvalue weighted by Gasteiger charge is 2.26. The van der Waals surface area contributed by atoms with E-state index in [0.717, 1.165) is 42.8 Å². The van der Waals surface area contributed by atoms with E-state index in [1.807, 2.05) is 0 Å². The Bertz CT molecular complexity index is 450. The maximum Gasteiger partial charge on any atom is 0.127 e. The van der Waals surface area contributed by atoms with Crippen LogP contribution in [0, 0.1) is 0 Å². The number of nitrogens with zero attached hydrogens (tertiary/aromatic N) is 1. The molecule has 0 aromatic heterocycles. The summed E-state index contributed by atoms with van der Waals surface area (Å²) in [5.41, 5.74) is 2.55. The molecule has 2 aliphatic heterocycles. The molecule has 18 heavy (non-hydrogen) atoms. The zero-order valence-electron chi connectivity index (χ0n) is 10.4. The highest BCUT2D eigenvalue weighted by atomic mass is 79.9. The minimum Gasteiger partial charge on any atom is -0.493 e. The average molecular weight is 312 g/mol. The Morgan fingerprint density at radius 3 is 3.17 bits per heavy atom. The van der Waals surface area contributed by atoms with E-state index in [1.165, 1.54) is 17.5 Å². The van der Waals surface area contributed by atoms with Crippen molar-refractivity contribution in [3.63, 3.8) is 0 Å². The van der Waals surface area contributed by atoms with Crippen LogP contribution in [0.25, 0.3) is 0 Å². The maximum absolute atomic E-state index is 9.38. The first kappa shape index (κ1) is 12.5. The summed E-state index contributed by atoms with van der Waals surface area (Å²) in [6.07, 6.45) is 3.29. The molecule has 1 saturated heterocycles. The fourth-order valence-electron chi connectivity index (χ4n) is 2.99. The van der Waals surface area contributed by atoms with Gasteiger partial charge in [-0.1, -0.05) is 15.9 Å². The van der Waals surface area contributed by atoms with Gasteiger partial charge in [-0.3, -0.25) is 4.90 Å². The molecule has 2 aliphatic rings. The molecule has 3 nitrogen and oxygen atoms in total. The lowest BCUT2D eigenvalue weighted by Gasteiger charge is -2.23. The van der Waals surface area contributed by atoms with E-state index >= 15 is 0 Å². The van der Waals surface area contributed by atoms with Crippen LogP contribution in [0.3, 0.4) is 0 Å². The molecular formula is C14H18BrNO2. The molecule has 1 atom stereocenters. The number of likely N-dealkylation sites (tertiary alicyclic amines) is 1. The van der Waals surface area contributed by atoms with E-state index in [0.29, 0.717) is 6.04 Å². The molecule has 0 saturated carbocycles. The summed E-state index contributed by atoms with van der Waals surface area (Å²) >= 11 is 3.57. The van der Waals surface area contributed by atoms with E-state index < -0.39 is 0 Å². The predicted molar refractivity (Wildman–Crippen MR) is 73.9 cm³/mol. The Balaban J connectivity index is 1.84. The number of fused-ring (bicyclic) bond motifs is 1. The molecule has 0 amide bonds. The van der Waals surface area contributed by atoms with Gasteiger partial charge in [0, 0.05) is 29.0 Å². The third-order valence-corrected chi connectivity index (χ3v) is 4.37. The molecule has 4 heteroatoms. The Hall–Kier alpha value is -0.580. The van der Waals surface area contributed by atoms with Gasteiger partial charge in [0.25, 0.3) is 0 Å². The second-order valence-electron chi connectivity index (χ2n) is 5.10. The number of ether oxygens (including phenoxy) is 1. The third-order valence-electron chi connectivity index (χ3n) is 3.91. The lowest BCUT2D eigenvalue weighted by atomic mass is 10.1. The van der Waals surface area contributed by atoms with E-state index in [4.69, 9.17) is 4.74 Å². The van der Waals surface area contributed by atoms with Crippen LogP contribution in [0.15, 0.2) is 16.6 Å². The fourth-order valence-corrected chi connectivity index (χ4v) is 3.54. The highest BCUT2D eigenvalue weighted by Crippen LogP contribution is 2.34. The number of aliphatic hydroxyl groups excluding tert-OH is 1. The molecule has 0 radical (unpaired) electrons. The molecule has 98 valence electrons. The van der Waals surface area contributed by atoms with Crippen LogP contribution in [-0.2, 0) is 13.0 Å². The fraction of sp³-hybridized carbons (Fsp3) is 0.571. The van der Waals surface area contributed by atoms with Crippen molar-refractivity contribution in [2.75, 3.05) is 19.8 Å². The summed E-state index contributed by atoms with van der Waals surface area (Å²) in [7, 11) is 0. The summed E-state index contributed by atoms with van der Waals surface area (Å²) in [5.74, 6) is 1.07. The largest absolute Gasteiger partial charge is 0.493 e. The van der Waals surface area contributed by atoms with Crippen molar-refractivity contribution in [2.24, 2.45) is 0 Å². The van der Waals surface area contributed by atoms with Gasteiger partial charge in [0.1, 0.15) is 5.75 Å². The Labute approximate surface area is 116 Å². The Morgan fingerprint density at radius 1 is 1.44 bits per heavy atom. The zero-order valence-corrected chi connectivity index (χ0v) is 11.9. The van der Waals surface area contributed by atoms with Crippen LogP contribution in [0.4, 0.5) is 0 Å². The van der Waals surface area contributed by atoms with Crippen molar-refractivity contribution >= 4 is 15.9 Å². The van der Waals surface area contributed by atoms with Gasteiger partial charge >= 0.3 is 0 Å².